The lowest BCUT2D eigenvalue weighted by Gasteiger charge is -2.09. The summed E-state index contributed by atoms with van der Waals surface area (Å²) in [5.41, 5.74) is 2.04. The van der Waals surface area contributed by atoms with Crippen molar-refractivity contribution >= 4 is 23.8 Å². The maximum Gasteiger partial charge on any atom is 0.255 e. The minimum atomic E-state index is -0.222. The Kier molecular flexibility index (Phi) is 5.21. The monoisotopic (exact) mass is 407 g/mol. The van der Waals surface area contributed by atoms with Gasteiger partial charge in [0, 0.05) is 36.3 Å². The van der Waals surface area contributed by atoms with Gasteiger partial charge in [-0.3, -0.25) is 9.36 Å². The molecule has 0 radical (unpaired) electrons. The number of aryl methyl sites for hydroxylation is 1. The number of H-pyrrole nitrogens is 1. The summed E-state index contributed by atoms with van der Waals surface area (Å²) in [7, 11) is 0. The molecule has 8 nitrogen and oxygen atoms in total. The van der Waals surface area contributed by atoms with E-state index in [9.17, 15) is 4.79 Å². The van der Waals surface area contributed by atoms with Gasteiger partial charge in [0.25, 0.3) is 5.91 Å². The fourth-order valence-corrected chi connectivity index (χ4v) is 2.95. The van der Waals surface area contributed by atoms with Crippen LogP contribution in [0.25, 0.3) is 5.69 Å². The predicted molar refractivity (Wildman–Crippen MR) is 109 cm³/mol. The first-order valence-corrected chi connectivity index (χ1v) is 9.19. The Morgan fingerprint density at radius 3 is 2.79 bits per heavy atom. The van der Waals surface area contributed by atoms with Crippen molar-refractivity contribution in [3.63, 3.8) is 0 Å². The largest absolute Gasteiger partial charge is 0.485 e. The first-order valence-electron chi connectivity index (χ1n) is 8.78. The Morgan fingerprint density at radius 2 is 2.10 bits per heavy atom. The Hall–Kier alpha value is -3.72. The van der Waals surface area contributed by atoms with E-state index in [0.717, 1.165) is 5.69 Å². The van der Waals surface area contributed by atoms with E-state index in [1.165, 1.54) is 0 Å². The number of nitrogens with zero attached hydrogens (tertiary/aromatic N) is 3. The van der Waals surface area contributed by atoms with Gasteiger partial charge >= 0.3 is 0 Å². The molecule has 0 fully saturated rings. The second-order valence-electron chi connectivity index (χ2n) is 6.18. The molecule has 0 spiro atoms. The molecule has 0 unspecified atom stereocenters. The highest BCUT2D eigenvalue weighted by molar-refractivity contribution is 7.71. The van der Waals surface area contributed by atoms with E-state index < -0.39 is 0 Å². The van der Waals surface area contributed by atoms with Gasteiger partial charge in [-0.2, -0.15) is 4.98 Å². The number of aromatic nitrogens is 4. The third kappa shape index (κ3) is 4.41. The Labute approximate surface area is 171 Å². The molecule has 146 valence electrons. The summed E-state index contributed by atoms with van der Waals surface area (Å²) in [6.45, 7) is 1.91. The molecular weight excluding hydrogens is 390 g/mol. The zero-order valence-corrected chi connectivity index (χ0v) is 16.3. The van der Waals surface area contributed by atoms with Crippen molar-refractivity contribution in [1.82, 2.24) is 19.7 Å². The molecule has 0 aliphatic heterocycles. The van der Waals surface area contributed by atoms with Crippen LogP contribution in [0.4, 0.5) is 5.69 Å². The van der Waals surface area contributed by atoms with Gasteiger partial charge in [0.05, 0.1) is 0 Å². The maximum atomic E-state index is 12.6. The number of anilines is 1. The van der Waals surface area contributed by atoms with Crippen LogP contribution < -0.4 is 10.1 Å². The zero-order chi connectivity index (χ0) is 20.2. The van der Waals surface area contributed by atoms with Crippen LogP contribution in [-0.4, -0.2) is 25.6 Å². The number of rotatable bonds is 6. The molecule has 2 heterocycles. The number of nitrogens with one attached hydrogen (secondary N) is 2. The van der Waals surface area contributed by atoms with Crippen LogP contribution in [0.1, 0.15) is 22.1 Å². The van der Waals surface area contributed by atoms with Gasteiger partial charge in [0.2, 0.25) is 11.7 Å². The number of carbonyl (C=O) groups excluding carboxylic acids is 1. The van der Waals surface area contributed by atoms with E-state index in [1.54, 1.807) is 37.4 Å². The summed E-state index contributed by atoms with van der Waals surface area (Å²) in [6.07, 6.45) is 3.59. The Balaban J connectivity index is 1.41. The van der Waals surface area contributed by atoms with E-state index in [2.05, 4.69) is 20.4 Å². The molecule has 9 heteroatoms. The third-order valence-electron chi connectivity index (χ3n) is 4.09. The second-order valence-corrected chi connectivity index (χ2v) is 6.57. The van der Waals surface area contributed by atoms with Crippen LogP contribution in [0.2, 0.25) is 0 Å². The Bertz CT molecular complexity index is 1190. The molecular formula is C20H17N5O3S. The molecule has 4 rings (SSSR count). The highest BCUT2D eigenvalue weighted by atomic mass is 32.1. The third-order valence-corrected chi connectivity index (χ3v) is 4.40. The van der Waals surface area contributed by atoms with Crippen LogP contribution in [-0.2, 0) is 6.61 Å². The summed E-state index contributed by atoms with van der Waals surface area (Å²) in [6, 6.07) is 14.3. The lowest BCUT2D eigenvalue weighted by atomic mass is 10.2. The molecule has 0 bridgehead atoms. The summed E-state index contributed by atoms with van der Waals surface area (Å²) in [5, 5.41) is 6.66. The van der Waals surface area contributed by atoms with E-state index >= 15 is 0 Å². The number of ether oxygens (including phenoxy) is 1. The molecule has 2 N–H and O–H groups in total. The minimum Gasteiger partial charge on any atom is -0.485 e. The van der Waals surface area contributed by atoms with Crippen molar-refractivity contribution in [2.45, 2.75) is 13.5 Å². The van der Waals surface area contributed by atoms with Crippen molar-refractivity contribution < 1.29 is 14.1 Å². The lowest BCUT2D eigenvalue weighted by Crippen LogP contribution is -2.12. The number of hydrogen-bond acceptors (Lipinski definition) is 6. The van der Waals surface area contributed by atoms with E-state index in [1.807, 2.05) is 35.0 Å². The predicted octanol–water partition coefficient (Wildman–Crippen LogP) is 4.06. The van der Waals surface area contributed by atoms with Gasteiger partial charge in [-0.05, 0) is 54.7 Å². The molecule has 0 aliphatic rings. The first kappa shape index (κ1) is 18.6. The van der Waals surface area contributed by atoms with E-state index in [-0.39, 0.29) is 12.5 Å². The maximum absolute atomic E-state index is 12.6. The van der Waals surface area contributed by atoms with E-state index in [0.29, 0.717) is 33.5 Å². The lowest BCUT2D eigenvalue weighted by molar-refractivity contribution is 0.102. The van der Waals surface area contributed by atoms with Crippen LogP contribution in [0.5, 0.6) is 5.75 Å². The average molecular weight is 407 g/mol. The second kappa shape index (κ2) is 8.11. The molecule has 2 aromatic carbocycles. The van der Waals surface area contributed by atoms with Crippen LogP contribution >= 0.6 is 12.2 Å². The average Bonchev–Trinajstić information content (AvgIpc) is 3.35. The zero-order valence-electron chi connectivity index (χ0n) is 15.5. The first-order chi connectivity index (χ1) is 14.1. The quantitative estimate of drug-likeness (QED) is 0.468. The smallest absolute Gasteiger partial charge is 0.255 e. The number of aromatic amines is 1. The van der Waals surface area contributed by atoms with Crippen molar-refractivity contribution in [1.29, 1.82) is 0 Å². The van der Waals surface area contributed by atoms with Crippen molar-refractivity contribution in [3.8, 4) is 11.4 Å². The standard InChI is InChI=1S/C20H17N5O3S/c1-13-22-18(24-28-13)12-27-17-7-5-14(6-8-17)19(26)23-15-3-2-4-16(11-15)25-10-9-21-20(25)29/h2-11H,12H2,1H3,(H,21,29)(H,23,26). The number of imidazole rings is 1. The summed E-state index contributed by atoms with van der Waals surface area (Å²) >= 11 is 5.24. The topological polar surface area (TPSA) is 98.0 Å². The summed E-state index contributed by atoms with van der Waals surface area (Å²) in [5.74, 6) is 1.33. The molecule has 0 aliphatic carbocycles. The SMILES string of the molecule is Cc1nc(COc2ccc(C(=O)Nc3cccc(-n4cc[nH]c4=S)c3)cc2)no1. The van der Waals surface area contributed by atoms with Crippen LogP contribution in [0.3, 0.4) is 0 Å². The van der Waals surface area contributed by atoms with E-state index in [4.69, 9.17) is 21.5 Å². The fraction of sp³-hybridized carbons (Fsp3) is 0.100. The van der Waals surface area contributed by atoms with Crippen LogP contribution in [0.15, 0.2) is 65.4 Å². The van der Waals surface area contributed by atoms with Gasteiger partial charge in [-0.1, -0.05) is 11.2 Å². The molecule has 2 aromatic heterocycles. The van der Waals surface area contributed by atoms with Crippen molar-refractivity contribution in [2.24, 2.45) is 0 Å². The van der Waals surface area contributed by atoms with Gasteiger partial charge in [-0.25, -0.2) is 0 Å². The molecule has 4 aromatic rings. The van der Waals surface area contributed by atoms with Crippen LogP contribution in [0, 0.1) is 11.7 Å². The van der Waals surface area contributed by atoms with Gasteiger partial charge < -0.3 is 19.6 Å². The van der Waals surface area contributed by atoms with Gasteiger partial charge in [-0.15, -0.1) is 0 Å². The highest BCUT2D eigenvalue weighted by Crippen LogP contribution is 2.18. The fourth-order valence-electron chi connectivity index (χ4n) is 2.71. The number of hydrogen-bond donors (Lipinski definition) is 2. The normalized spacial score (nSPS) is 10.7. The number of benzene rings is 2. The van der Waals surface area contributed by atoms with Crippen molar-refractivity contribution in [2.75, 3.05) is 5.32 Å². The number of amides is 1. The Morgan fingerprint density at radius 1 is 1.28 bits per heavy atom. The molecule has 1 amide bonds. The summed E-state index contributed by atoms with van der Waals surface area (Å²) in [4.78, 5) is 19.6. The number of carbonyl (C=O) groups is 1. The minimum absolute atomic E-state index is 0.192. The molecule has 0 atom stereocenters. The molecule has 0 saturated heterocycles. The van der Waals surface area contributed by atoms with Gasteiger partial charge in [0.1, 0.15) is 5.75 Å². The summed E-state index contributed by atoms with van der Waals surface area (Å²) < 4.78 is 12.9. The molecule has 29 heavy (non-hydrogen) atoms. The van der Waals surface area contributed by atoms with Gasteiger partial charge in [0.15, 0.2) is 11.4 Å². The van der Waals surface area contributed by atoms with Crippen molar-refractivity contribution in [3.05, 3.63) is 83.0 Å². The molecule has 0 saturated carbocycles. The highest BCUT2D eigenvalue weighted by Gasteiger charge is 2.08.